The van der Waals surface area contributed by atoms with Crippen LogP contribution in [0.15, 0.2) is 12.7 Å². The first kappa shape index (κ1) is 15.1. The van der Waals surface area contributed by atoms with Crippen LogP contribution in [0.1, 0.15) is 47.5 Å². The van der Waals surface area contributed by atoms with Crippen molar-refractivity contribution in [2.24, 2.45) is 11.8 Å². The maximum absolute atomic E-state index is 12.2. The van der Waals surface area contributed by atoms with Crippen molar-refractivity contribution < 1.29 is 9.53 Å². The van der Waals surface area contributed by atoms with E-state index in [9.17, 15) is 4.79 Å². The third kappa shape index (κ3) is 3.76. The van der Waals surface area contributed by atoms with Crippen LogP contribution in [0.4, 0.5) is 4.79 Å². The molecule has 18 heavy (non-hydrogen) atoms. The molecule has 1 rings (SSSR count). The minimum absolute atomic E-state index is 0.173. The standard InChI is InChI=1S/C15H27NO2/c1-7-11(2)12(3)13-9-8-10-16(13)14(17)18-15(4,5)6/h7,11-13H,1,8-10H2,2-6H3/t11-,12+,13-/m0/s1. The van der Waals surface area contributed by atoms with Crippen LogP contribution in [0.25, 0.3) is 0 Å². The number of nitrogens with zero attached hydrogens (tertiary/aromatic N) is 1. The summed E-state index contributed by atoms with van der Waals surface area (Å²) in [5.41, 5.74) is -0.419. The molecule has 1 heterocycles. The summed E-state index contributed by atoms with van der Waals surface area (Å²) in [6.07, 6.45) is 3.93. The van der Waals surface area contributed by atoms with Crippen LogP contribution in [0, 0.1) is 11.8 Å². The molecule has 0 aromatic heterocycles. The van der Waals surface area contributed by atoms with Gasteiger partial charge in [-0.2, -0.15) is 0 Å². The second-order valence-electron chi connectivity index (χ2n) is 6.34. The Morgan fingerprint density at radius 1 is 1.44 bits per heavy atom. The fraction of sp³-hybridized carbons (Fsp3) is 0.800. The number of hydrogen-bond acceptors (Lipinski definition) is 2. The SMILES string of the molecule is C=C[C@H](C)[C@@H](C)[C@@H]1CCCN1C(=O)OC(C)(C)C. The quantitative estimate of drug-likeness (QED) is 0.715. The molecule has 0 aromatic rings. The lowest BCUT2D eigenvalue weighted by Crippen LogP contribution is -2.43. The fourth-order valence-corrected chi connectivity index (χ4v) is 2.45. The lowest BCUT2D eigenvalue weighted by Gasteiger charge is -2.33. The van der Waals surface area contributed by atoms with Gasteiger partial charge in [0.05, 0.1) is 0 Å². The Kier molecular flexibility index (Phi) is 4.83. The van der Waals surface area contributed by atoms with Crippen LogP contribution < -0.4 is 0 Å². The van der Waals surface area contributed by atoms with Gasteiger partial charge >= 0.3 is 6.09 Å². The minimum Gasteiger partial charge on any atom is -0.444 e. The Morgan fingerprint density at radius 3 is 2.56 bits per heavy atom. The first-order valence-corrected chi connectivity index (χ1v) is 6.88. The topological polar surface area (TPSA) is 29.5 Å². The van der Waals surface area contributed by atoms with Gasteiger partial charge in [-0.15, -0.1) is 6.58 Å². The van der Waals surface area contributed by atoms with Gasteiger partial charge in [-0.25, -0.2) is 4.79 Å². The molecule has 0 saturated carbocycles. The monoisotopic (exact) mass is 253 g/mol. The minimum atomic E-state index is -0.419. The summed E-state index contributed by atoms with van der Waals surface area (Å²) in [5.74, 6) is 0.843. The van der Waals surface area contributed by atoms with Crippen molar-refractivity contribution in [1.82, 2.24) is 4.90 Å². The number of rotatable bonds is 3. The Balaban J connectivity index is 2.70. The van der Waals surface area contributed by atoms with Crippen molar-refractivity contribution in [2.75, 3.05) is 6.54 Å². The summed E-state index contributed by atoms with van der Waals surface area (Å²) in [6, 6.07) is 0.285. The molecule has 0 spiro atoms. The molecule has 3 heteroatoms. The van der Waals surface area contributed by atoms with Crippen molar-refractivity contribution in [3.8, 4) is 0 Å². The predicted molar refractivity (Wildman–Crippen MR) is 74.5 cm³/mol. The van der Waals surface area contributed by atoms with E-state index in [1.165, 1.54) is 0 Å². The van der Waals surface area contributed by atoms with Crippen molar-refractivity contribution >= 4 is 6.09 Å². The van der Waals surface area contributed by atoms with Gasteiger partial charge < -0.3 is 9.64 Å². The molecule has 1 aliphatic rings. The van der Waals surface area contributed by atoms with E-state index in [4.69, 9.17) is 4.74 Å². The fourth-order valence-electron chi connectivity index (χ4n) is 2.45. The van der Waals surface area contributed by atoms with E-state index in [0.717, 1.165) is 19.4 Å². The van der Waals surface area contributed by atoms with Crippen LogP contribution in [0.5, 0.6) is 0 Å². The molecule has 0 aliphatic carbocycles. The Labute approximate surface area is 111 Å². The van der Waals surface area contributed by atoms with E-state index in [1.54, 1.807) is 0 Å². The van der Waals surface area contributed by atoms with E-state index in [1.807, 2.05) is 31.7 Å². The smallest absolute Gasteiger partial charge is 0.410 e. The summed E-state index contributed by atoms with van der Waals surface area (Å²) < 4.78 is 5.48. The average Bonchev–Trinajstić information content (AvgIpc) is 2.73. The highest BCUT2D eigenvalue weighted by Crippen LogP contribution is 2.30. The molecular formula is C15H27NO2. The molecule has 1 fully saturated rings. The van der Waals surface area contributed by atoms with Crippen LogP contribution in [0.2, 0.25) is 0 Å². The second-order valence-corrected chi connectivity index (χ2v) is 6.34. The molecule has 0 unspecified atom stereocenters. The van der Waals surface area contributed by atoms with Gasteiger partial charge in [0.25, 0.3) is 0 Å². The Bertz CT molecular complexity index is 306. The summed E-state index contributed by atoms with van der Waals surface area (Å²) in [4.78, 5) is 14.1. The summed E-state index contributed by atoms with van der Waals surface area (Å²) >= 11 is 0. The zero-order chi connectivity index (χ0) is 13.9. The van der Waals surface area contributed by atoms with Gasteiger partial charge in [-0.05, 0) is 45.4 Å². The zero-order valence-electron chi connectivity index (χ0n) is 12.4. The number of hydrogen-bond donors (Lipinski definition) is 0. The van der Waals surface area contributed by atoms with Gasteiger partial charge in [-0.3, -0.25) is 0 Å². The molecule has 0 radical (unpaired) electrons. The lowest BCUT2D eigenvalue weighted by molar-refractivity contribution is 0.0168. The summed E-state index contributed by atoms with van der Waals surface area (Å²) in [6.45, 7) is 14.7. The number of amides is 1. The van der Waals surface area contributed by atoms with Gasteiger partial charge in [0.1, 0.15) is 5.60 Å². The Morgan fingerprint density at radius 2 is 2.06 bits per heavy atom. The van der Waals surface area contributed by atoms with Crippen molar-refractivity contribution in [3.05, 3.63) is 12.7 Å². The number of allylic oxidation sites excluding steroid dienone is 1. The van der Waals surface area contributed by atoms with Crippen molar-refractivity contribution in [1.29, 1.82) is 0 Å². The molecular weight excluding hydrogens is 226 g/mol. The summed E-state index contributed by atoms with van der Waals surface area (Å²) in [5, 5.41) is 0. The van der Waals surface area contributed by atoms with Gasteiger partial charge in [-0.1, -0.05) is 19.9 Å². The van der Waals surface area contributed by atoms with E-state index < -0.39 is 5.60 Å². The normalized spacial score (nSPS) is 23.6. The number of carbonyl (C=O) groups is 1. The highest BCUT2D eigenvalue weighted by molar-refractivity contribution is 5.69. The molecule has 0 aromatic carbocycles. The van der Waals surface area contributed by atoms with Crippen LogP contribution in [-0.2, 0) is 4.74 Å². The number of carbonyl (C=O) groups excluding carboxylic acids is 1. The van der Waals surface area contributed by atoms with E-state index >= 15 is 0 Å². The Hall–Kier alpha value is -0.990. The molecule has 104 valence electrons. The maximum Gasteiger partial charge on any atom is 0.410 e. The highest BCUT2D eigenvalue weighted by atomic mass is 16.6. The van der Waals surface area contributed by atoms with Crippen LogP contribution in [0.3, 0.4) is 0 Å². The van der Waals surface area contributed by atoms with E-state index in [2.05, 4.69) is 20.4 Å². The number of likely N-dealkylation sites (tertiary alicyclic amines) is 1. The van der Waals surface area contributed by atoms with E-state index in [-0.39, 0.29) is 12.1 Å². The third-order valence-corrected chi connectivity index (χ3v) is 3.74. The molecule has 1 amide bonds. The van der Waals surface area contributed by atoms with Gasteiger partial charge in [0, 0.05) is 12.6 Å². The average molecular weight is 253 g/mol. The highest BCUT2D eigenvalue weighted by Gasteiger charge is 2.36. The largest absolute Gasteiger partial charge is 0.444 e. The third-order valence-electron chi connectivity index (χ3n) is 3.74. The van der Waals surface area contributed by atoms with Gasteiger partial charge in [0.15, 0.2) is 0 Å². The van der Waals surface area contributed by atoms with Crippen LogP contribution >= 0.6 is 0 Å². The predicted octanol–water partition coefficient (Wildman–Crippen LogP) is 3.84. The molecule has 1 saturated heterocycles. The van der Waals surface area contributed by atoms with E-state index in [0.29, 0.717) is 11.8 Å². The van der Waals surface area contributed by atoms with Crippen molar-refractivity contribution in [2.45, 2.75) is 59.1 Å². The molecule has 3 atom stereocenters. The lowest BCUT2D eigenvalue weighted by atomic mass is 9.88. The van der Waals surface area contributed by atoms with Crippen LogP contribution in [-0.4, -0.2) is 29.2 Å². The molecule has 0 bridgehead atoms. The summed E-state index contributed by atoms with van der Waals surface area (Å²) in [7, 11) is 0. The first-order valence-electron chi connectivity index (χ1n) is 6.88. The van der Waals surface area contributed by atoms with Crippen molar-refractivity contribution in [3.63, 3.8) is 0 Å². The molecule has 0 N–H and O–H groups in total. The maximum atomic E-state index is 12.2. The number of ether oxygens (including phenoxy) is 1. The zero-order valence-corrected chi connectivity index (χ0v) is 12.4. The first-order chi connectivity index (χ1) is 8.26. The van der Waals surface area contributed by atoms with Gasteiger partial charge in [0.2, 0.25) is 0 Å². The molecule has 3 nitrogen and oxygen atoms in total. The molecule has 1 aliphatic heterocycles. The second kappa shape index (κ2) is 5.77.